The monoisotopic (exact) mass is 418 g/mol. The Morgan fingerprint density at radius 1 is 1.13 bits per heavy atom. The van der Waals surface area contributed by atoms with Crippen LogP contribution in [-0.4, -0.2) is 20.6 Å². The van der Waals surface area contributed by atoms with Gasteiger partial charge in [0.2, 0.25) is 0 Å². The Labute approximate surface area is 181 Å². The van der Waals surface area contributed by atoms with Gasteiger partial charge in [0.25, 0.3) is 5.91 Å². The average molecular weight is 418 g/mol. The topological polar surface area (TPSA) is 90.1 Å². The van der Waals surface area contributed by atoms with Crippen LogP contribution in [0.5, 0.6) is 0 Å². The fourth-order valence-electron chi connectivity index (χ4n) is 3.94. The molecule has 31 heavy (non-hydrogen) atoms. The minimum absolute atomic E-state index is 0.0306. The Bertz CT molecular complexity index is 1110. The zero-order valence-electron chi connectivity index (χ0n) is 18.0. The van der Waals surface area contributed by atoms with E-state index in [9.17, 15) is 14.9 Å². The average Bonchev–Trinajstić information content (AvgIpc) is 3.53. The summed E-state index contributed by atoms with van der Waals surface area (Å²) in [6, 6.07) is 15.7. The minimum atomic E-state index is -0.397. The molecule has 1 aliphatic rings. The summed E-state index contributed by atoms with van der Waals surface area (Å²) in [5.41, 5.74) is 4.85. The Balaban J connectivity index is 1.46. The van der Waals surface area contributed by atoms with Gasteiger partial charge < -0.3 is 5.32 Å². The SMILES string of the molecule is Cc1ccc(C(NC(=O)c2ccc(Cn3nc(C)c([N+](=O)[O-])c3C)cc2)C2CC2)cc1. The van der Waals surface area contributed by atoms with Gasteiger partial charge in [-0.2, -0.15) is 5.10 Å². The zero-order chi connectivity index (χ0) is 22.1. The van der Waals surface area contributed by atoms with Crippen molar-refractivity contribution in [3.63, 3.8) is 0 Å². The molecule has 0 radical (unpaired) electrons. The van der Waals surface area contributed by atoms with E-state index in [0.717, 1.165) is 24.0 Å². The Morgan fingerprint density at radius 2 is 1.77 bits per heavy atom. The molecule has 1 aromatic heterocycles. The smallest absolute Gasteiger partial charge is 0.312 e. The lowest BCUT2D eigenvalue weighted by atomic mass is 10.0. The summed E-state index contributed by atoms with van der Waals surface area (Å²) in [5, 5.41) is 18.7. The Kier molecular flexibility index (Phi) is 5.59. The fourth-order valence-corrected chi connectivity index (χ4v) is 3.94. The van der Waals surface area contributed by atoms with Crippen LogP contribution in [0, 0.1) is 36.8 Å². The molecule has 1 atom stereocenters. The van der Waals surface area contributed by atoms with Crippen molar-refractivity contribution in [2.24, 2.45) is 5.92 Å². The molecule has 0 bridgehead atoms. The van der Waals surface area contributed by atoms with E-state index in [1.807, 2.05) is 12.1 Å². The first-order valence-corrected chi connectivity index (χ1v) is 10.5. The number of aryl methyl sites for hydroxylation is 2. The highest BCUT2D eigenvalue weighted by molar-refractivity contribution is 5.94. The maximum atomic E-state index is 12.9. The third-order valence-electron chi connectivity index (χ3n) is 5.89. The predicted octanol–water partition coefficient (Wildman–Crippen LogP) is 4.65. The van der Waals surface area contributed by atoms with Gasteiger partial charge >= 0.3 is 5.69 Å². The van der Waals surface area contributed by atoms with Crippen LogP contribution in [0.4, 0.5) is 5.69 Å². The first-order chi connectivity index (χ1) is 14.8. The molecular formula is C24H26N4O3. The summed E-state index contributed by atoms with van der Waals surface area (Å²) < 4.78 is 1.63. The van der Waals surface area contributed by atoms with Gasteiger partial charge in [-0.1, -0.05) is 42.0 Å². The maximum absolute atomic E-state index is 12.9. The summed E-state index contributed by atoms with van der Waals surface area (Å²) in [7, 11) is 0. The molecule has 7 nitrogen and oxygen atoms in total. The number of aromatic nitrogens is 2. The second-order valence-corrected chi connectivity index (χ2v) is 8.33. The van der Waals surface area contributed by atoms with Crippen LogP contribution in [0.1, 0.15) is 57.3 Å². The van der Waals surface area contributed by atoms with Crippen LogP contribution in [0.3, 0.4) is 0 Å². The zero-order valence-corrected chi connectivity index (χ0v) is 18.0. The van der Waals surface area contributed by atoms with E-state index in [1.54, 1.807) is 30.7 Å². The van der Waals surface area contributed by atoms with Crippen LogP contribution < -0.4 is 5.32 Å². The van der Waals surface area contributed by atoms with E-state index in [-0.39, 0.29) is 17.6 Å². The molecule has 3 aromatic rings. The maximum Gasteiger partial charge on any atom is 0.312 e. The molecule has 7 heteroatoms. The molecule has 1 N–H and O–H groups in total. The molecule has 4 rings (SSSR count). The highest BCUT2D eigenvalue weighted by Gasteiger charge is 2.33. The number of amides is 1. The van der Waals surface area contributed by atoms with E-state index < -0.39 is 4.92 Å². The molecule has 1 amide bonds. The fraction of sp³-hybridized carbons (Fsp3) is 0.333. The van der Waals surface area contributed by atoms with Crippen molar-refractivity contribution in [1.82, 2.24) is 15.1 Å². The third-order valence-corrected chi connectivity index (χ3v) is 5.89. The van der Waals surface area contributed by atoms with E-state index >= 15 is 0 Å². The number of nitrogens with zero attached hydrogens (tertiary/aromatic N) is 3. The molecule has 1 saturated carbocycles. The quantitative estimate of drug-likeness (QED) is 0.447. The standard InChI is InChI=1S/C24H26N4O3/c1-15-4-8-19(9-5-15)22(20-12-13-20)25-24(29)21-10-6-18(7-11-21)14-27-17(3)23(28(30)31)16(2)26-27/h4-11,20,22H,12-14H2,1-3H3,(H,25,29). The van der Waals surface area contributed by atoms with Crippen LogP contribution in [0.15, 0.2) is 48.5 Å². The van der Waals surface area contributed by atoms with Gasteiger partial charge in [0, 0.05) is 5.56 Å². The van der Waals surface area contributed by atoms with Gasteiger partial charge in [0.05, 0.1) is 17.5 Å². The van der Waals surface area contributed by atoms with Gasteiger partial charge in [-0.15, -0.1) is 0 Å². The number of hydrogen-bond donors (Lipinski definition) is 1. The van der Waals surface area contributed by atoms with E-state index in [0.29, 0.717) is 29.4 Å². The van der Waals surface area contributed by atoms with Crippen LogP contribution >= 0.6 is 0 Å². The number of hydrogen-bond acceptors (Lipinski definition) is 4. The molecular weight excluding hydrogens is 392 g/mol. The van der Waals surface area contributed by atoms with Crippen LogP contribution in [0.25, 0.3) is 0 Å². The molecule has 0 spiro atoms. The number of benzene rings is 2. The van der Waals surface area contributed by atoms with Crippen molar-refractivity contribution >= 4 is 11.6 Å². The lowest BCUT2D eigenvalue weighted by molar-refractivity contribution is -0.386. The molecule has 1 aliphatic carbocycles. The molecule has 160 valence electrons. The largest absolute Gasteiger partial charge is 0.345 e. The minimum Gasteiger partial charge on any atom is -0.345 e. The van der Waals surface area contributed by atoms with Crippen molar-refractivity contribution in [2.45, 2.75) is 46.2 Å². The Morgan fingerprint density at radius 3 is 2.32 bits per heavy atom. The summed E-state index contributed by atoms with van der Waals surface area (Å²) >= 11 is 0. The number of nitro groups is 1. The number of rotatable bonds is 7. The predicted molar refractivity (Wildman–Crippen MR) is 118 cm³/mol. The van der Waals surface area contributed by atoms with Crippen molar-refractivity contribution in [2.75, 3.05) is 0 Å². The van der Waals surface area contributed by atoms with Gasteiger partial charge in [-0.25, -0.2) is 0 Å². The van der Waals surface area contributed by atoms with Crippen LogP contribution in [0.2, 0.25) is 0 Å². The summed E-state index contributed by atoms with van der Waals surface area (Å²) in [4.78, 5) is 23.7. The number of carbonyl (C=O) groups excluding carboxylic acids is 1. The van der Waals surface area contributed by atoms with Crippen molar-refractivity contribution < 1.29 is 9.72 Å². The molecule has 1 unspecified atom stereocenters. The summed E-state index contributed by atoms with van der Waals surface area (Å²) in [6.07, 6.45) is 2.26. The molecule has 0 aliphatic heterocycles. The molecule has 0 saturated heterocycles. The molecule has 1 heterocycles. The summed E-state index contributed by atoms with van der Waals surface area (Å²) in [6.45, 7) is 5.80. The highest BCUT2D eigenvalue weighted by Crippen LogP contribution is 2.41. The van der Waals surface area contributed by atoms with Crippen molar-refractivity contribution in [3.05, 3.63) is 92.3 Å². The molecule has 2 aromatic carbocycles. The second kappa shape index (κ2) is 8.34. The van der Waals surface area contributed by atoms with Crippen LogP contribution in [-0.2, 0) is 6.54 Å². The van der Waals surface area contributed by atoms with E-state index in [2.05, 4.69) is 41.6 Å². The second-order valence-electron chi connectivity index (χ2n) is 8.33. The lowest BCUT2D eigenvalue weighted by Crippen LogP contribution is -2.29. The van der Waals surface area contributed by atoms with E-state index in [1.165, 1.54) is 5.56 Å². The normalized spacial score (nSPS) is 14.3. The molecule has 1 fully saturated rings. The lowest BCUT2D eigenvalue weighted by Gasteiger charge is -2.19. The third kappa shape index (κ3) is 4.50. The first-order valence-electron chi connectivity index (χ1n) is 10.5. The van der Waals surface area contributed by atoms with Gasteiger partial charge in [0.1, 0.15) is 11.4 Å². The highest BCUT2D eigenvalue weighted by atomic mass is 16.6. The van der Waals surface area contributed by atoms with Crippen molar-refractivity contribution in [3.8, 4) is 0 Å². The van der Waals surface area contributed by atoms with Gasteiger partial charge in [-0.3, -0.25) is 19.6 Å². The van der Waals surface area contributed by atoms with Crippen molar-refractivity contribution in [1.29, 1.82) is 0 Å². The van der Waals surface area contributed by atoms with Gasteiger partial charge in [-0.05, 0) is 62.8 Å². The summed E-state index contributed by atoms with van der Waals surface area (Å²) in [5.74, 6) is 0.401. The Hall–Kier alpha value is -3.48. The van der Waals surface area contributed by atoms with Gasteiger partial charge in [0.15, 0.2) is 0 Å². The van der Waals surface area contributed by atoms with E-state index in [4.69, 9.17) is 0 Å². The first kappa shape index (κ1) is 20.8. The number of nitrogens with one attached hydrogen (secondary N) is 1. The number of carbonyl (C=O) groups is 1.